The van der Waals surface area contributed by atoms with E-state index in [0.29, 0.717) is 12.3 Å². The van der Waals surface area contributed by atoms with Crippen molar-refractivity contribution in [2.45, 2.75) is 26.4 Å². The Morgan fingerprint density at radius 3 is 2.44 bits per heavy atom. The molecule has 1 amide bonds. The van der Waals surface area contributed by atoms with Crippen molar-refractivity contribution in [3.05, 3.63) is 0 Å². The largest absolute Gasteiger partial charge is 0.393 e. The fourth-order valence-electron chi connectivity index (χ4n) is 2.42. The van der Waals surface area contributed by atoms with Crippen LogP contribution in [0.1, 0.15) is 20.3 Å². The number of hydrogen-bond donors (Lipinski definition) is 2. The molecule has 1 rings (SSSR count). The number of halogens is 3. The first-order valence-electron chi connectivity index (χ1n) is 5.15. The molecule has 1 N–H and O–H groups in total. The highest BCUT2D eigenvalue weighted by molar-refractivity contribution is 7.80. The van der Waals surface area contributed by atoms with Gasteiger partial charge < -0.3 is 5.32 Å². The first-order chi connectivity index (χ1) is 7.20. The summed E-state index contributed by atoms with van der Waals surface area (Å²) in [6.45, 7) is 3.41. The van der Waals surface area contributed by atoms with E-state index in [0.717, 1.165) is 0 Å². The van der Waals surface area contributed by atoms with Gasteiger partial charge in [-0.15, -0.1) is 0 Å². The number of hydrogen-bond acceptors (Lipinski definition) is 2. The first kappa shape index (κ1) is 13.7. The van der Waals surface area contributed by atoms with Crippen LogP contribution in [0.4, 0.5) is 13.2 Å². The normalized spacial score (nSPS) is 28.4. The van der Waals surface area contributed by atoms with Crippen LogP contribution in [-0.4, -0.2) is 24.4 Å². The highest BCUT2D eigenvalue weighted by Gasteiger charge is 2.62. The minimum absolute atomic E-state index is 0.287. The molecule has 0 aromatic rings. The zero-order valence-electron chi connectivity index (χ0n) is 9.27. The highest BCUT2D eigenvalue weighted by Crippen LogP contribution is 2.57. The number of rotatable bonds is 3. The van der Waals surface area contributed by atoms with Crippen LogP contribution >= 0.6 is 12.6 Å². The molecule has 94 valence electrons. The third-order valence-corrected chi connectivity index (χ3v) is 3.31. The molecule has 1 saturated carbocycles. The van der Waals surface area contributed by atoms with Gasteiger partial charge in [-0.25, -0.2) is 0 Å². The van der Waals surface area contributed by atoms with Gasteiger partial charge in [0.1, 0.15) is 0 Å². The lowest BCUT2D eigenvalue weighted by Gasteiger charge is -2.50. The second-order valence-electron chi connectivity index (χ2n) is 4.83. The first-order valence-corrected chi connectivity index (χ1v) is 5.78. The van der Waals surface area contributed by atoms with E-state index >= 15 is 0 Å². The van der Waals surface area contributed by atoms with E-state index in [-0.39, 0.29) is 6.42 Å². The van der Waals surface area contributed by atoms with Crippen molar-refractivity contribution in [3.8, 4) is 0 Å². The summed E-state index contributed by atoms with van der Waals surface area (Å²) in [7, 11) is 0. The van der Waals surface area contributed by atoms with Crippen molar-refractivity contribution in [2.24, 2.45) is 17.3 Å². The summed E-state index contributed by atoms with van der Waals surface area (Å²) in [5.41, 5.74) is -0.832. The van der Waals surface area contributed by atoms with Crippen LogP contribution < -0.4 is 5.32 Å². The van der Waals surface area contributed by atoms with Gasteiger partial charge in [0.25, 0.3) is 0 Å². The summed E-state index contributed by atoms with van der Waals surface area (Å²) in [5, 5.41) is 2.46. The Bertz CT molecular complexity index is 268. The lowest BCUT2D eigenvalue weighted by Crippen LogP contribution is -2.57. The molecule has 0 saturated heterocycles. The fourth-order valence-corrected chi connectivity index (χ4v) is 2.53. The van der Waals surface area contributed by atoms with E-state index in [1.54, 1.807) is 13.8 Å². The molecule has 1 aliphatic carbocycles. The van der Waals surface area contributed by atoms with Crippen LogP contribution in [0.2, 0.25) is 0 Å². The van der Waals surface area contributed by atoms with Gasteiger partial charge in [-0.3, -0.25) is 4.79 Å². The Balaban J connectivity index is 2.67. The third kappa shape index (κ3) is 2.64. The van der Waals surface area contributed by atoms with E-state index < -0.39 is 29.3 Å². The Morgan fingerprint density at radius 1 is 1.50 bits per heavy atom. The van der Waals surface area contributed by atoms with E-state index in [1.165, 1.54) is 0 Å². The van der Waals surface area contributed by atoms with Gasteiger partial charge in [-0.2, -0.15) is 25.8 Å². The lowest BCUT2D eigenvalue weighted by atomic mass is 9.55. The molecule has 0 radical (unpaired) electrons. The standard InChI is InChI=1S/C10H16F3NOS/c1-9(2)5-6(7(9)10(11,12)13)8(15)14-3-4-16/h6-7,16H,3-5H2,1-2H3,(H,14,15). The molecule has 0 aromatic carbocycles. The summed E-state index contributed by atoms with van der Waals surface area (Å²) in [6, 6.07) is 0. The SMILES string of the molecule is CC1(C)CC(C(=O)NCCS)C1C(F)(F)F. The number of nitrogens with one attached hydrogen (secondary N) is 1. The minimum atomic E-state index is -4.30. The number of carbonyl (C=O) groups excluding carboxylic acids is 1. The van der Waals surface area contributed by atoms with Gasteiger partial charge in [0.2, 0.25) is 5.91 Å². The Kier molecular flexibility index (Phi) is 3.82. The zero-order valence-corrected chi connectivity index (χ0v) is 10.2. The molecule has 0 bridgehead atoms. The molecule has 16 heavy (non-hydrogen) atoms. The van der Waals surface area contributed by atoms with Crippen LogP contribution in [0.3, 0.4) is 0 Å². The third-order valence-electron chi connectivity index (χ3n) is 3.09. The average molecular weight is 255 g/mol. The van der Waals surface area contributed by atoms with Crippen LogP contribution in [0.25, 0.3) is 0 Å². The van der Waals surface area contributed by atoms with Gasteiger partial charge in [0.05, 0.1) is 11.8 Å². The number of thiol groups is 1. The van der Waals surface area contributed by atoms with Gasteiger partial charge in [0.15, 0.2) is 0 Å². The topological polar surface area (TPSA) is 29.1 Å². The smallest absolute Gasteiger partial charge is 0.355 e. The van der Waals surface area contributed by atoms with Crippen LogP contribution in [0.5, 0.6) is 0 Å². The van der Waals surface area contributed by atoms with Crippen LogP contribution in [-0.2, 0) is 4.79 Å². The van der Waals surface area contributed by atoms with E-state index in [9.17, 15) is 18.0 Å². The predicted molar refractivity (Wildman–Crippen MR) is 58.3 cm³/mol. The van der Waals surface area contributed by atoms with Crippen LogP contribution in [0, 0.1) is 17.3 Å². The zero-order chi connectivity index (χ0) is 12.6. The van der Waals surface area contributed by atoms with Crippen molar-refractivity contribution in [1.29, 1.82) is 0 Å². The van der Waals surface area contributed by atoms with Crippen molar-refractivity contribution >= 4 is 18.5 Å². The second-order valence-corrected chi connectivity index (χ2v) is 5.28. The van der Waals surface area contributed by atoms with Crippen molar-refractivity contribution in [2.75, 3.05) is 12.3 Å². The van der Waals surface area contributed by atoms with Crippen molar-refractivity contribution < 1.29 is 18.0 Å². The number of alkyl halides is 3. The molecular weight excluding hydrogens is 239 g/mol. The van der Waals surface area contributed by atoms with Crippen molar-refractivity contribution in [1.82, 2.24) is 5.32 Å². The lowest BCUT2D eigenvalue weighted by molar-refractivity contribution is -0.255. The summed E-state index contributed by atoms with van der Waals surface area (Å²) >= 11 is 3.89. The quantitative estimate of drug-likeness (QED) is 0.744. The summed E-state index contributed by atoms with van der Waals surface area (Å²) in [6.07, 6.45) is -4.01. The molecule has 1 fully saturated rings. The average Bonchev–Trinajstić information content (AvgIpc) is 2.07. The van der Waals surface area contributed by atoms with Gasteiger partial charge in [-0.1, -0.05) is 13.8 Å². The molecule has 2 atom stereocenters. The summed E-state index contributed by atoms with van der Waals surface area (Å²) in [5.74, 6) is -2.54. The van der Waals surface area contributed by atoms with E-state index in [1.807, 2.05) is 0 Å². The van der Waals surface area contributed by atoms with E-state index in [2.05, 4.69) is 17.9 Å². The van der Waals surface area contributed by atoms with Crippen LogP contribution in [0.15, 0.2) is 0 Å². The molecule has 0 aliphatic heterocycles. The second kappa shape index (κ2) is 4.47. The summed E-state index contributed by atoms with van der Waals surface area (Å²) < 4.78 is 38.2. The molecule has 0 spiro atoms. The highest BCUT2D eigenvalue weighted by atomic mass is 32.1. The molecular formula is C10H16F3NOS. The van der Waals surface area contributed by atoms with E-state index in [4.69, 9.17) is 0 Å². The fraction of sp³-hybridized carbons (Fsp3) is 0.900. The predicted octanol–water partition coefficient (Wildman–Crippen LogP) is 2.26. The molecule has 0 heterocycles. The van der Waals surface area contributed by atoms with Gasteiger partial charge in [-0.05, 0) is 11.8 Å². The maximum absolute atomic E-state index is 12.7. The van der Waals surface area contributed by atoms with Gasteiger partial charge in [0, 0.05) is 12.3 Å². The summed E-state index contributed by atoms with van der Waals surface area (Å²) in [4.78, 5) is 11.5. The Labute approximate surface area is 98.4 Å². The molecule has 6 heteroatoms. The maximum Gasteiger partial charge on any atom is 0.393 e. The molecule has 2 nitrogen and oxygen atoms in total. The number of amides is 1. The molecule has 0 aromatic heterocycles. The Morgan fingerprint density at radius 2 is 2.06 bits per heavy atom. The minimum Gasteiger partial charge on any atom is -0.355 e. The maximum atomic E-state index is 12.7. The van der Waals surface area contributed by atoms with Crippen molar-refractivity contribution in [3.63, 3.8) is 0 Å². The molecule has 2 unspecified atom stereocenters. The number of carbonyl (C=O) groups is 1. The molecule has 1 aliphatic rings. The van der Waals surface area contributed by atoms with Gasteiger partial charge >= 0.3 is 6.18 Å². The monoisotopic (exact) mass is 255 g/mol. The Hall–Kier alpha value is -0.390.